The largest absolute Gasteiger partial charge is 0.399 e. The van der Waals surface area contributed by atoms with Crippen molar-refractivity contribution in [1.82, 2.24) is 20.3 Å². The monoisotopic (exact) mass is 215 g/mol. The van der Waals surface area contributed by atoms with E-state index >= 15 is 0 Å². The number of hydrogen-bond acceptors (Lipinski definition) is 4. The zero-order chi connectivity index (χ0) is 11.0. The molecule has 3 N–H and O–H groups in total. The van der Waals surface area contributed by atoms with Gasteiger partial charge in [0.05, 0.1) is 11.4 Å². The predicted molar refractivity (Wildman–Crippen MR) is 61.2 cm³/mol. The van der Waals surface area contributed by atoms with Gasteiger partial charge >= 0.3 is 0 Å². The molecule has 0 bridgehead atoms. The van der Waals surface area contributed by atoms with E-state index in [0.29, 0.717) is 0 Å². The van der Waals surface area contributed by atoms with Crippen LogP contribution in [0.1, 0.15) is 11.4 Å². The van der Waals surface area contributed by atoms with Crippen LogP contribution in [0.5, 0.6) is 0 Å². The number of rotatable bonds is 1. The molecule has 5 nitrogen and oxygen atoms in total. The maximum absolute atomic E-state index is 5.66. The first kappa shape index (κ1) is 9.35. The number of nitrogens with two attached hydrogens (primary N) is 1. The van der Waals surface area contributed by atoms with E-state index in [4.69, 9.17) is 5.73 Å². The molecule has 0 saturated heterocycles. The maximum atomic E-state index is 5.66. The first-order valence-electron chi connectivity index (χ1n) is 5.35. The summed E-state index contributed by atoms with van der Waals surface area (Å²) < 4.78 is 1.90. The minimum absolute atomic E-state index is 0.763. The number of nitrogens with one attached hydrogen (secondary N) is 1. The smallest absolute Gasteiger partial charge is 0.100 e. The Morgan fingerprint density at radius 3 is 2.88 bits per heavy atom. The van der Waals surface area contributed by atoms with E-state index in [1.807, 2.05) is 28.9 Å². The second-order valence-electron chi connectivity index (χ2n) is 3.91. The summed E-state index contributed by atoms with van der Waals surface area (Å²) in [6.07, 6.45) is 0.965. The topological polar surface area (TPSA) is 68.8 Å². The Morgan fingerprint density at radius 2 is 2.06 bits per heavy atom. The van der Waals surface area contributed by atoms with Crippen LogP contribution in [0.3, 0.4) is 0 Å². The molecule has 0 fully saturated rings. The molecule has 16 heavy (non-hydrogen) atoms. The molecular weight excluding hydrogens is 202 g/mol. The van der Waals surface area contributed by atoms with Crippen LogP contribution in [0.15, 0.2) is 24.3 Å². The van der Waals surface area contributed by atoms with Crippen molar-refractivity contribution in [3.8, 4) is 5.69 Å². The van der Waals surface area contributed by atoms with Crippen molar-refractivity contribution in [2.24, 2.45) is 0 Å². The number of hydrogen-bond donors (Lipinski definition) is 2. The Labute approximate surface area is 93.3 Å². The van der Waals surface area contributed by atoms with Gasteiger partial charge in [0.2, 0.25) is 0 Å². The van der Waals surface area contributed by atoms with Crippen LogP contribution < -0.4 is 11.1 Å². The molecule has 3 rings (SSSR count). The highest BCUT2D eigenvalue weighted by atomic mass is 15.4. The molecule has 1 aliphatic rings. The van der Waals surface area contributed by atoms with Crippen molar-refractivity contribution in [2.45, 2.75) is 13.0 Å². The third kappa shape index (κ3) is 1.45. The van der Waals surface area contributed by atoms with Gasteiger partial charge in [-0.3, -0.25) is 0 Å². The molecule has 0 saturated carbocycles. The molecule has 82 valence electrons. The lowest BCUT2D eigenvalue weighted by Gasteiger charge is -2.13. The highest BCUT2D eigenvalue weighted by Crippen LogP contribution is 2.16. The second-order valence-corrected chi connectivity index (χ2v) is 3.91. The molecule has 2 aromatic rings. The Hall–Kier alpha value is -1.88. The van der Waals surface area contributed by atoms with Gasteiger partial charge in [-0.1, -0.05) is 5.21 Å². The molecular formula is C11H13N5. The number of benzene rings is 1. The first-order chi connectivity index (χ1) is 7.84. The molecule has 1 aromatic carbocycles. The fourth-order valence-electron chi connectivity index (χ4n) is 1.96. The highest BCUT2D eigenvalue weighted by molar-refractivity contribution is 5.45. The third-order valence-electron chi connectivity index (χ3n) is 2.81. The van der Waals surface area contributed by atoms with E-state index < -0.39 is 0 Å². The molecule has 1 aromatic heterocycles. The number of aromatic nitrogens is 3. The maximum Gasteiger partial charge on any atom is 0.100 e. The minimum Gasteiger partial charge on any atom is -0.399 e. The van der Waals surface area contributed by atoms with Gasteiger partial charge in [0.1, 0.15) is 5.69 Å². The summed E-state index contributed by atoms with van der Waals surface area (Å²) in [7, 11) is 0. The normalized spacial score (nSPS) is 14.8. The summed E-state index contributed by atoms with van der Waals surface area (Å²) >= 11 is 0. The summed E-state index contributed by atoms with van der Waals surface area (Å²) in [5, 5.41) is 11.6. The molecule has 0 atom stereocenters. The Morgan fingerprint density at radius 1 is 1.25 bits per heavy atom. The number of nitrogen functional groups attached to an aromatic ring is 1. The lowest BCUT2D eigenvalue weighted by Crippen LogP contribution is -2.24. The van der Waals surface area contributed by atoms with E-state index in [-0.39, 0.29) is 0 Å². The quantitative estimate of drug-likeness (QED) is 0.679. The van der Waals surface area contributed by atoms with Crippen molar-refractivity contribution in [3.63, 3.8) is 0 Å². The van der Waals surface area contributed by atoms with Crippen LogP contribution in [0.25, 0.3) is 5.69 Å². The average molecular weight is 215 g/mol. The van der Waals surface area contributed by atoms with Gasteiger partial charge in [0.15, 0.2) is 0 Å². The fourth-order valence-corrected chi connectivity index (χ4v) is 1.96. The van der Waals surface area contributed by atoms with Crippen LogP contribution in [0.2, 0.25) is 0 Å². The van der Waals surface area contributed by atoms with Crippen LogP contribution in [-0.4, -0.2) is 21.5 Å². The second kappa shape index (κ2) is 3.61. The first-order valence-corrected chi connectivity index (χ1v) is 5.35. The number of fused-ring (bicyclic) bond motifs is 1. The van der Waals surface area contributed by atoms with Crippen molar-refractivity contribution >= 4 is 5.69 Å². The number of nitrogens with zero attached hydrogens (tertiary/aromatic N) is 3. The van der Waals surface area contributed by atoms with Crippen LogP contribution in [-0.2, 0) is 13.0 Å². The van der Waals surface area contributed by atoms with Crippen LogP contribution >= 0.6 is 0 Å². The lowest BCUT2D eigenvalue weighted by molar-refractivity contribution is 0.619. The zero-order valence-electron chi connectivity index (χ0n) is 8.85. The predicted octanol–water partition coefficient (Wildman–Crippen LogP) is 0.495. The highest BCUT2D eigenvalue weighted by Gasteiger charge is 2.16. The third-order valence-corrected chi connectivity index (χ3v) is 2.81. The molecule has 0 spiro atoms. The van der Waals surface area contributed by atoms with Gasteiger partial charge in [0.25, 0.3) is 0 Å². The van der Waals surface area contributed by atoms with Crippen LogP contribution in [0.4, 0.5) is 5.69 Å². The van der Waals surface area contributed by atoms with Gasteiger partial charge in [0, 0.05) is 25.2 Å². The van der Waals surface area contributed by atoms with E-state index in [9.17, 15) is 0 Å². The standard InChI is InChI=1S/C11H13N5/c12-8-1-3-9(4-2-8)16-11-5-6-13-7-10(11)14-15-16/h1-4,13H,5-7,12H2. The van der Waals surface area contributed by atoms with Gasteiger partial charge in [-0.25, -0.2) is 4.68 Å². The molecule has 0 amide bonds. The molecule has 0 unspecified atom stereocenters. The van der Waals surface area contributed by atoms with Gasteiger partial charge in [-0.05, 0) is 24.3 Å². The minimum atomic E-state index is 0.763. The van der Waals surface area contributed by atoms with Crippen LogP contribution in [0, 0.1) is 0 Å². The summed E-state index contributed by atoms with van der Waals surface area (Å²) in [6, 6.07) is 7.69. The molecule has 0 aliphatic carbocycles. The van der Waals surface area contributed by atoms with Gasteiger partial charge in [-0.15, -0.1) is 5.10 Å². The lowest BCUT2D eigenvalue weighted by atomic mass is 10.1. The summed E-state index contributed by atoms with van der Waals surface area (Å²) in [6.45, 7) is 1.79. The Kier molecular flexibility index (Phi) is 2.11. The summed E-state index contributed by atoms with van der Waals surface area (Å²) in [5.41, 5.74) is 9.69. The van der Waals surface area contributed by atoms with Crippen molar-refractivity contribution in [3.05, 3.63) is 35.7 Å². The fraction of sp³-hybridized carbons (Fsp3) is 0.273. The summed E-state index contributed by atoms with van der Waals surface area (Å²) in [5.74, 6) is 0. The molecule has 5 heteroatoms. The van der Waals surface area contributed by atoms with Gasteiger partial charge in [-0.2, -0.15) is 0 Å². The van der Waals surface area contributed by atoms with Crippen molar-refractivity contribution in [1.29, 1.82) is 0 Å². The zero-order valence-corrected chi connectivity index (χ0v) is 8.85. The van der Waals surface area contributed by atoms with E-state index in [1.165, 1.54) is 5.69 Å². The van der Waals surface area contributed by atoms with E-state index in [0.717, 1.165) is 36.6 Å². The van der Waals surface area contributed by atoms with Crippen molar-refractivity contribution in [2.75, 3.05) is 12.3 Å². The SMILES string of the molecule is Nc1ccc(-n2nnc3c2CCNC3)cc1. The molecule has 1 aliphatic heterocycles. The molecule has 2 heterocycles. The number of anilines is 1. The molecule has 0 radical (unpaired) electrons. The van der Waals surface area contributed by atoms with Crippen molar-refractivity contribution < 1.29 is 0 Å². The average Bonchev–Trinajstić information content (AvgIpc) is 2.74. The summed E-state index contributed by atoms with van der Waals surface area (Å²) in [4.78, 5) is 0. The van der Waals surface area contributed by atoms with E-state index in [2.05, 4.69) is 15.6 Å². The Balaban J connectivity index is 2.06. The van der Waals surface area contributed by atoms with Gasteiger partial charge < -0.3 is 11.1 Å². The Bertz CT molecular complexity index is 500. The van der Waals surface area contributed by atoms with E-state index in [1.54, 1.807) is 0 Å².